The van der Waals surface area contributed by atoms with Gasteiger partial charge in [0, 0.05) is 5.02 Å². The third-order valence-corrected chi connectivity index (χ3v) is 5.59. The molecule has 162 valence electrons. The summed E-state index contributed by atoms with van der Waals surface area (Å²) in [5.41, 5.74) is 2.87. The molecule has 0 aliphatic rings. The molecular weight excluding hydrogens is 450 g/mol. The molecule has 1 N–H and O–H groups in total. The van der Waals surface area contributed by atoms with E-state index in [-0.39, 0.29) is 10.1 Å². The number of oxazole rings is 1. The van der Waals surface area contributed by atoms with Crippen molar-refractivity contribution >= 4 is 46.5 Å². The minimum atomic E-state index is -1.08. The van der Waals surface area contributed by atoms with Crippen LogP contribution in [0, 0.1) is 0 Å². The minimum Gasteiger partial charge on any atom is -0.493 e. The van der Waals surface area contributed by atoms with Gasteiger partial charge in [0.25, 0.3) is 5.22 Å². The number of ether oxygens (including phenoxy) is 2. The van der Waals surface area contributed by atoms with Crippen LogP contribution in [0.4, 0.5) is 0 Å². The zero-order chi connectivity index (χ0) is 22.5. The molecule has 0 fully saturated rings. The number of benzene rings is 3. The van der Waals surface area contributed by atoms with E-state index in [1.165, 1.54) is 13.2 Å². The molecular formula is C24H18ClNO5S. The summed E-state index contributed by atoms with van der Waals surface area (Å²) in [4.78, 5) is 16.2. The molecule has 0 saturated heterocycles. The summed E-state index contributed by atoms with van der Waals surface area (Å²) in [6, 6.07) is 19.8. The molecule has 8 heteroatoms. The lowest BCUT2D eigenvalue weighted by molar-refractivity contribution is -0.131. The second-order valence-corrected chi connectivity index (χ2v) is 8.12. The van der Waals surface area contributed by atoms with Crippen molar-refractivity contribution in [1.29, 1.82) is 0 Å². The third-order valence-electron chi connectivity index (χ3n) is 4.48. The molecule has 0 saturated carbocycles. The van der Waals surface area contributed by atoms with Gasteiger partial charge in [-0.3, -0.25) is 0 Å². The lowest BCUT2D eigenvalue weighted by Gasteiger charge is -2.12. The lowest BCUT2D eigenvalue weighted by Crippen LogP contribution is -1.99. The normalized spacial score (nSPS) is 11.5. The van der Waals surface area contributed by atoms with E-state index in [2.05, 4.69) is 4.98 Å². The predicted molar refractivity (Wildman–Crippen MR) is 124 cm³/mol. The van der Waals surface area contributed by atoms with Gasteiger partial charge in [0.1, 0.15) is 17.0 Å². The van der Waals surface area contributed by atoms with E-state index in [1.807, 2.05) is 24.3 Å². The Balaban J connectivity index is 1.53. The molecule has 32 heavy (non-hydrogen) atoms. The van der Waals surface area contributed by atoms with Crippen LogP contribution in [0.2, 0.25) is 5.02 Å². The van der Waals surface area contributed by atoms with Gasteiger partial charge in [0.05, 0.1) is 7.11 Å². The summed E-state index contributed by atoms with van der Waals surface area (Å²) in [7, 11) is 1.53. The number of halogens is 1. The van der Waals surface area contributed by atoms with E-state index in [4.69, 9.17) is 25.5 Å². The van der Waals surface area contributed by atoms with E-state index < -0.39 is 5.97 Å². The van der Waals surface area contributed by atoms with Crippen LogP contribution in [-0.2, 0) is 11.4 Å². The SMILES string of the molecule is COc1cc(/C=C(\Sc2nc3ccccc3o2)C(=O)O)ccc1OCc1ccc(Cl)cc1. The van der Waals surface area contributed by atoms with Crippen molar-refractivity contribution in [3.63, 3.8) is 0 Å². The number of carboxylic acid groups (broad SMARTS) is 1. The number of hydrogen-bond donors (Lipinski definition) is 1. The van der Waals surface area contributed by atoms with Crippen LogP contribution in [0.25, 0.3) is 17.2 Å². The van der Waals surface area contributed by atoms with Crippen LogP contribution < -0.4 is 9.47 Å². The van der Waals surface area contributed by atoms with Gasteiger partial charge in [0.2, 0.25) is 0 Å². The van der Waals surface area contributed by atoms with Crippen molar-refractivity contribution in [3.8, 4) is 11.5 Å². The second-order valence-electron chi connectivity index (χ2n) is 6.69. The number of thioether (sulfide) groups is 1. The number of carbonyl (C=O) groups is 1. The maximum Gasteiger partial charge on any atom is 0.342 e. The molecule has 1 heterocycles. The molecule has 4 rings (SSSR count). The smallest absolute Gasteiger partial charge is 0.342 e. The number of hydrogen-bond acceptors (Lipinski definition) is 6. The van der Waals surface area contributed by atoms with Crippen molar-refractivity contribution in [1.82, 2.24) is 4.98 Å². The van der Waals surface area contributed by atoms with Crippen LogP contribution in [-0.4, -0.2) is 23.2 Å². The largest absolute Gasteiger partial charge is 0.493 e. The number of rotatable bonds is 8. The Morgan fingerprint density at radius 2 is 1.91 bits per heavy atom. The van der Waals surface area contributed by atoms with E-state index in [0.29, 0.717) is 39.8 Å². The highest BCUT2D eigenvalue weighted by Gasteiger charge is 2.15. The molecule has 3 aromatic carbocycles. The molecule has 0 radical (unpaired) electrons. The fourth-order valence-electron chi connectivity index (χ4n) is 2.91. The first-order valence-electron chi connectivity index (χ1n) is 9.55. The second kappa shape index (κ2) is 9.80. The summed E-state index contributed by atoms with van der Waals surface area (Å²) in [6.45, 7) is 0.344. The predicted octanol–water partition coefficient (Wildman–Crippen LogP) is 6.29. The summed E-state index contributed by atoms with van der Waals surface area (Å²) in [5.74, 6) is -0.0494. The highest BCUT2D eigenvalue weighted by molar-refractivity contribution is 8.03. The lowest BCUT2D eigenvalue weighted by atomic mass is 10.2. The highest BCUT2D eigenvalue weighted by Crippen LogP contribution is 2.33. The Bertz CT molecular complexity index is 1250. The Morgan fingerprint density at radius 3 is 2.62 bits per heavy atom. The Labute approximate surface area is 193 Å². The molecule has 0 atom stereocenters. The van der Waals surface area contributed by atoms with Crippen LogP contribution >= 0.6 is 23.4 Å². The fraction of sp³-hybridized carbons (Fsp3) is 0.0833. The van der Waals surface area contributed by atoms with Crippen LogP contribution in [0.3, 0.4) is 0 Å². The zero-order valence-corrected chi connectivity index (χ0v) is 18.5. The van der Waals surface area contributed by atoms with Crippen molar-refractivity contribution in [2.75, 3.05) is 7.11 Å². The Morgan fingerprint density at radius 1 is 1.12 bits per heavy atom. The van der Waals surface area contributed by atoms with Gasteiger partial charge in [-0.2, -0.15) is 0 Å². The molecule has 0 bridgehead atoms. The topological polar surface area (TPSA) is 81.8 Å². The molecule has 0 aliphatic carbocycles. The van der Waals surface area contributed by atoms with E-state index in [0.717, 1.165) is 17.3 Å². The van der Waals surface area contributed by atoms with Crippen molar-refractivity contribution in [2.45, 2.75) is 11.8 Å². The maximum atomic E-state index is 11.8. The Kier molecular flexibility index (Phi) is 6.68. The van der Waals surface area contributed by atoms with Gasteiger partial charge in [-0.25, -0.2) is 9.78 Å². The van der Waals surface area contributed by atoms with Crippen molar-refractivity contribution < 1.29 is 23.8 Å². The number of nitrogens with zero attached hydrogens (tertiary/aromatic N) is 1. The number of para-hydroxylation sites is 2. The van der Waals surface area contributed by atoms with Crippen LogP contribution in [0.15, 0.2) is 81.3 Å². The van der Waals surface area contributed by atoms with Gasteiger partial charge in [-0.15, -0.1) is 0 Å². The molecule has 6 nitrogen and oxygen atoms in total. The standard InChI is InChI=1S/C24H18ClNO5S/c1-29-21-12-16(8-11-20(21)30-14-15-6-9-17(25)10-7-15)13-22(23(27)28)32-24-26-18-4-2-3-5-19(18)31-24/h2-13H,14H2,1H3,(H,27,28)/b22-13-. The zero-order valence-electron chi connectivity index (χ0n) is 16.9. The van der Waals surface area contributed by atoms with Crippen LogP contribution in [0.5, 0.6) is 11.5 Å². The first-order chi connectivity index (χ1) is 15.5. The number of aromatic nitrogens is 1. The van der Waals surface area contributed by atoms with Gasteiger partial charge in [-0.1, -0.05) is 41.9 Å². The van der Waals surface area contributed by atoms with Crippen molar-refractivity contribution in [3.05, 3.63) is 87.8 Å². The average molecular weight is 468 g/mol. The fourth-order valence-corrected chi connectivity index (χ4v) is 3.78. The average Bonchev–Trinajstić information content (AvgIpc) is 3.21. The van der Waals surface area contributed by atoms with Gasteiger partial charge < -0.3 is 19.0 Å². The molecule has 0 amide bonds. The molecule has 0 spiro atoms. The maximum absolute atomic E-state index is 11.8. The quantitative estimate of drug-likeness (QED) is 0.241. The first kappa shape index (κ1) is 21.8. The van der Waals surface area contributed by atoms with E-state index >= 15 is 0 Å². The minimum absolute atomic E-state index is 0.0634. The molecule has 4 aromatic rings. The summed E-state index contributed by atoms with van der Waals surface area (Å²) < 4.78 is 16.9. The van der Waals surface area contributed by atoms with E-state index in [9.17, 15) is 9.90 Å². The highest BCUT2D eigenvalue weighted by atomic mass is 35.5. The summed E-state index contributed by atoms with van der Waals surface area (Å²) >= 11 is 6.85. The monoisotopic (exact) mass is 467 g/mol. The van der Waals surface area contributed by atoms with Gasteiger partial charge in [0.15, 0.2) is 17.1 Å². The summed E-state index contributed by atoms with van der Waals surface area (Å²) in [5, 5.41) is 10.6. The van der Waals surface area contributed by atoms with E-state index in [1.54, 1.807) is 42.5 Å². The first-order valence-corrected chi connectivity index (χ1v) is 10.7. The molecule has 1 aromatic heterocycles. The van der Waals surface area contributed by atoms with Gasteiger partial charge >= 0.3 is 5.97 Å². The Hall–Kier alpha value is -3.42. The molecule has 0 unspecified atom stereocenters. The number of aliphatic carboxylic acids is 1. The third kappa shape index (κ3) is 5.25. The number of fused-ring (bicyclic) bond motifs is 1. The molecule has 0 aliphatic heterocycles. The van der Waals surface area contributed by atoms with Crippen LogP contribution in [0.1, 0.15) is 11.1 Å². The number of carboxylic acids is 1. The van der Waals surface area contributed by atoms with Crippen molar-refractivity contribution in [2.24, 2.45) is 0 Å². The van der Waals surface area contributed by atoms with Gasteiger partial charge in [-0.05, 0) is 65.4 Å². The summed E-state index contributed by atoms with van der Waals surface area (Å²) in [6.07, 6.45) is 1.54. The number of methoxy groups -OCH3 is 1.